The number of thiophene rings is 1. The van der Waals surface area contributed by atoms with Crippen LogP contribution in [0.3, 0.4) is 0 Å². The van der Waals surface area contributed by atoms with Gasteiger partial charge < -0.3 is 15.4 Å². The first kappa shape index (κ1) is 17.7. The molecule has 0 aliphatic heterocycles. The van der Waals surface area contributed by atoms with Gasteiger partial charge in [0.2, 0.25) is 0 Å². The highest BCUT2D eigenvalue weighted by molar-refractivity contribution is 7.12. The molecule has 0 saturated heterocycles. The molecule has 5 heteroatoms. The van der Waals surface area contributed by atoms with Crippen LogP contribution in [0.15, 0.2) is 11.4 Å². The predicted octanol–water partition coefficient (Wildman–Crippen LogP) is 2.34. The van der Waals surface area contributed by atoms with Crippen LogP contribution < -0.4 is 5.73 Å². The van der Waals surface area contributed by atoms with Crippen LogP contribution in [-0.2, 0) is 4.74 Å². The molecule has 0 fully saturated rings. The lowest BCUT2D eigenvalue weighted by molar-refractivity contribution is 0.0594. The SMILES string of the molecule is CCC(CC)N(CCOC)C(=O)c1sccc1C#CCN. The Morgan fingerprint density at radius 3 is 2.76 bits per heavy atom. The third-order valence-electron chi connectivity index (χ3n) is 3.37. The van der Waals surface area contributed by atoms with Gasteiger partial charge in [0.25, 0.3) is 5.91 Å². The average molecular weight is 308 g/mol. The molecule has 0 aliphatic rings. The average Bonchev–Trinajstić information content (AvgIpc) is 2.97. The number of rotatable bonds is 7. The normalized spacial score (nSPS) is 10.3. The molecule has 1 aromatic rings. The lowest BCUT2D eigenvalue weighted by Gasteiger charge is -2.30. The number of carbonyl (C=O) groups is 1. The van der Waals surface area contributed by atoms with Gasteiger partial charge in [-0.2, -0.15) is 0 Å². The quantitative estimate of drug-likeness (QED) is 0.787. The largest absolute Gasteiger partial charge is 0.383 e. The number of methoxy groups -OCH3 is 1. The minimum absolute atomic E-state index is 0.0390. The Bertz CT molecular complexity index is 498. The molecule has 0 atom stereocenters. The molecule has 1 aromatic heterocycles. The number of carbonyl (C=O) groups excluding carboxylic acids is 1. The van der Waals surface area contributed by atoms with Crippen molar-refractivity contribution in [1.82, 2.24) is 4.90 Å². The van der Waals surface area contributed by atoms with Gasteiger partial charge in [-0.25, -0.2) is 0 Å². The molecule has 2 N–H and O–H groups in total. The van der Waals surface area contributed by atoms with Gasteiger partial charge in [-0.05, 0) is 24.3 Å². The van der Waals surface area contributed by atoms with E-state index in [-0.39, 0.29) is 11.9 Å². The summed E-state index contributed by atoms with van der Waals surface area (Å²) in [5.41, 5.74) is 6.17. The Hall–Kier alpha value is -1.35. The fraction of sp³-hybridized carbons (Fsp3) is 0.562. The van der Waals surface area contributed by atoms with Crippen molar-refractivity contribution in [3.05, 3.63) is 21.9 Å². The first-order chi connectivity index (χ1) is 10.2. The smallest absolute Gasteiger partial charge is 0.265 e. The number of hydrogen-bond donors (Lipinski definition) is 1. The van der Waals surface area contributed by atoms with E-state index < -0.39 is 0 Å². The van der Waals surface area contributed by atoms with Gasteiger partial charge in [0, 0.05) is 25.3 Å². The van der Waals surface area contributed by atoms with Crippen LogP contribution in [0.1, 0.15) is 41.9 Å². The molecule has 0 unspecified atom stereocenters. The fourth-order valence-electron chi connectivity index (χ4n) is 2.22. The molecule has 1 amide bonds. The van der Waals surface area contributed by atoms with E-state index >= 15 is 0 Å². The van der Waals surface area contributed by atoms with Crippen molar-refractivity contribution < 1.29 is 9.53 Å². The molecule has 0 bridgehead atoms. The minimum atomic E-state index is 0.0390. The Balaban J connectivity index is 3.01. The molecule has 4 nitrogen and oxygen atoms in total. The highest BCUT2D eigenvalue weighted by Gasteiger charge is 2.24. The van der Waals surface area contributed by atoms with Gasteiger partial charge in [-0.3, -0.25) is 4.79 Å². The van der Waals surface area contributed by atoms with Gasteiger partial charge in [-0.1, -0.05) is 25.7 Å². The minimum Gasteiger partial charge on any atom is -0.383 e. The van der Waals surface area contributed by atoms with Crippen LogP contribution in [0, 0.1) is 11.8 Å². The van der Waals surface area contributed by atoms with Gasteiger partial charge >= 0.3 is 0 Å². The van der Waals surface area contributed by atoms with Crippen LogP contribution in [0.25, 0.3) is 0 Å². The van der Waals surface area contributed by atoms with Gasteiger partial charge in [0.15, 0.2) is 0 Å². The predicted molar refractivity (Wildman–Crippen MR) is 87.5 cm³/mol. The standard InChI is InChI=1S/C16H24N2O2S/c1-4-14(5-2)18(10-11-20-3)16(19)15-13(7-6-9-17)8-12-21-15/h8,12,14H,4-5,9-11,17H2,1-3H3. The summed E-state index contributed by atoms with van der Waals surface area (Å²) in [6.45, 7) is 5.64. The van der Waals surface area contributed by atoms with E-state index in [1.165, 1.54) is 11.3 Å². The van der Waals surface area contributed by atoms with Crippen molar-refractivity contribution in [2.24, 2.45) is 5.73 Å². The molecule has 0 aliphatic carbocycles. The highest BCUT2D eigenvalue weighted by atomic mass is 32.1. The second-order valence-electron chi connectivity index (χ2n) is 4.63. The second kappa shape index (κ2) is 9.56. The number of nitrogens with zero attached hydrogens (tertiary/aromatic N) is 1. The zero-order valence-electron chi connectivity index (χ0n) is 13.0. The summed E-state index contributed by atoms with van der Waals surface area (Å²) in [4.78, 5) is 15.4. The number of hydrogen-bond acceptors (Lipinski definition) is 4. The van der Waals surface area contributed by atoms with Crippen molar-refractivity contribution in [2.75, 3.05) is 26.8 Å². The van der Waals surface area contributed by atoms with E-state index in [2.05, 4.69) is 25.7 Å². The Morgan fingerprint density at radius 2 is 2.19 bits per heavy atom. The van der Waals surface area contributed by atoms with E-state index in [9.17, 15) is 4.79 Å². The number of ether oxygens (including phenoxy) is 1. The van der Waals surface area contributed by atoms with Crippen molar-refractivity contribution in [1.29, 1.82) is 0 Å². The summed E-state index contributed by atoms with van der Waals surface area (Å²) in [5, 5.41) is 1.90. The Labute approximate surface area is 131 Å². The molecule has 0 radical (unpaired) electrons. The van der Waals surface area contributed by atoms with Crippen LogP contribution in [-0.4, -0.2) is 43.7 Å². The van der Waals surface area contributed by atoms with Crippen LogP contribution in [0.4, 0.5) is 0 Å². The van der Waals surface area contributed by atoms with E-state index in [1.807, 2.05) is 16.3 Å². The van der Waals surface area contributed by atoms with Crippen molar-refractivity contribution in [3.63, 3.8) is 0 Å². The van der Waals surface area contributed by atoms with Crippen LogP contribution in [0.5, 0.6) is 0 Å². The topological polar surface area (TPSA) is 55.6 Å². The highest BCUT2D eigenvalue weighted by Crippen LogP contribution is 2.21. The van der Waals surface area contributed by atoms with E-state index in [1.54, 1.807) is 7.11 Å². The molecule has 0 spiro atoms. The van der Waals surface area contributed by atoms with Crippen molar-refractivity contribution in [3.8, 4) is 11.8 Å². The van der Waals surface area contributed by atoms with E-state index in [4.69, 9.17) is 10.5 Å². The number of nitrogens with two attached hydrogens (primary N) is 1. The Morgan fingerprint density at radius 1 is 1.48 bits per heavy atom. The summed E-state index contributed by atoms with van der Waals surface area (Å²) in [5.74, 6) is 5.83. The van der Waals surface area contributed by atoms with Gasteiger partial charge in [-0.15, -0.1) is 11.3 Å². The van der Waals surface area contributed by atoms with Crippen molar-refractivity contribution >= 4 is 17.2 Å². The lowest BCUT2D eigenvalue weighted by atomic mass is 10.1. The molecule has 0 saturated carbocycles. The zero-order valence-corrected chi connectivity index (χ0v) is 13.8. The summed E-state index contributed by atoms with van der Waals surface area (Å²) < 4.78 is 5.14. The maximum atomic E-state index is 12.8. The van der Waals surface area contributed by atoms with Gasteiger partial charge in [0.1, 0.15) is 4.88 Å². The van der Waals surface area contributed by atoms with Crippen LogP contribution >= 0.6 is 11.3 Å². The first-order valence-corrected chi connectivity index (χ1v) is 8.13. The first-order valence-electron chi connectivity index (χ1n) is 7.25. The number of amides is 1. The maximum absolute atomic E-state index is 12.8. The monoisotopic (exact) mass is 308 g/mol. The summed E-state index contributed by atoms with van der Waals surface area (Å²) >= 11 is 1.43. The van der Waals surface area contributed by atoms with E-state index in [0.717, 1.165) is 18.4 Å². The fourth-order valence-corrected chi connectivity index (χ4v) is 3.02. The summed E-state index contributed by atoms with van der Waals surface area (Å²) in [7, 11) is 1.65. The molecular weight excluding hydrogens is 284 g/mol. The Kier molecular flexibility index (Phi) is 8.06. The molecule has 1 heterocycles. The van der Waals surface area contributed by atoms with Gasteiger partial charge in [0.05, 0.1) is 13.2 Å². The zero-order chi connectivity index (χ0) is 15.7. The summed E-state index contributed by atoms with van der Waals surface area (Å²) in [6, 6.07) is 2.10. The third kappa shape index (κ3) is 4.85. The maximum Gasteiger partial charge on any atom is 0.265 e. The van der Waals surface area contributed by atoms with Crippen molar-refractivity contribution in [2.45, 2.75) is 32.7 Å². The molecule has 1 rings (SSSR count). The summed E-state index contributed by atoms with van der Waals surface area (Å²) in [6.07, 6.45) is 1.86. The molecule has 116 valence electrons. The molecule has 21 heavy (non-hydrogen) atoms. The molecule has 0 aromatic carbocycles. The molecular formula is C16H24N2O2S. The van der Waals surface area contributed by atoms with E-state index in [0.29, 0.717) is 24.6 Å². The lowest BCUT2D eigenvalue weighted by Crippen LogP contribution is -2.41. The third-order valence-corrected chi connectivity index (χ3v) is 4.27. The second-order valence-corrected chi connectivity index (χ2v) is 5.55. The van der Waals surface area contributed by atoms with Crippen LogP contribution in [0.2, 0.25) is 0 Å².